The lowest BCUT2D eigenvalue weighted by Crippen LogP contribution is -2.41. The van der Waals surface area contributed by atoms with Gasteiger partial charge in [0.2, 0.25) is 0 Å². The monoisotopic (exact) mass is 320 g/mol. The molecule has 23 heavy (non-hydrogen) atoms. The van der Waals surface area contributed by atoms with E-state index in [1.54, 1.807) is 6.07 Å². The van der Waals surface area contributed by atoms with Gasteiger partial charge in [-0.05, 0) is 50.6 Å². The van der Waals surface area contributed by atoms with Crippen molar-refractivity contribution in [1.82, 2.24) is 15.5 Å². The molecular weight excluding hydrogens is 291 g/mol. The predicted octanol–water partition coefficient (Wildman–Crippen LogP) is 2.76. The van der Waals surface area contributed by atoms with Crippen LogP contribution in [0.1, 0.15) is 38.2 Å². The van der Waals surface area contributed by atoms with E-state index in [0.29, 0.717) is 6.54 Å². The molecule has 0 spiro atoms. The molecule has 0 aliphatic carbocycles. The van der Waals surface area contributed by atoms with Gasteiger partial charge in [-0.25, -0.2) is 9.38 Å². The minimum Gasteiger partial charge on any atom is -0.357 e. The maximum absolute atomic E-state index is 13.2. The molecule has 2 N–H and O–H groups in total. The van der Waals surface area contributed by atoms with E-state index in [9.17, 15) is 4.39 Å². The number of halogens is 1. The van der Waals surface area contributed by atoms with E-state index in [1.807, 2.05) is 13.0 Å². The lowest BCUT2D eigenvalue weighted by Gasteiger charge is -2.20. The van der Waals surface area contributed by atoms with Gasteiger partial charge in [-0.15, -0.1) is 0 Å². The fourth-order valence-electron chi connectivity index (χ4n) is 2.84. The van der Waals surface area contributed by atoms with Crippen LogP contribution in [0.25, 0.3) is 0 Å². The van der Waals surface area contributed by atoms with Crippen molar-refractivity contribution in [2.45, 2.75) is 39.2 Å². The molecule has 1 aliphatic heterocycles. The first-order chi connectivity index (χ1) is 11.3. The van der Waals surface area contributed by atoms with Gasteiger partial charge in [-0.3, -0.25) is 0 Å². The van der Waals surface area contributed by atoms with Gasteiger partial charge in [-0.1, -0.05) is 25.0 Å². The molecule has 5 heteroatoms. The second kappa shape index (κ2) is 10.2. The summed E-state index contributed by atoms with van der Waals surface area (Å²) in [6.07, 6.45) is 5.35. The Hall–Kier alpha value is -1.62. The second-order valence-electron chi connectivity index (χ2n) is 6.01. The van der Waals surface area contributed by atoms with Crippen molar-refractivity contribution in [1.29, 1.82) is 0 Å². The highest BCUT2D eigenvalue weighted by atomic mass is 19.1. The third kappa shape index (κ3) is 6.99. The number of aliphatic imine (C=N–C) groups is 1. The Labute approximate surface area is 139 Å². The average Bonchev–Trinajstić information content (AvgIpc) is 2.81. The van der Waals surface area contributed by atoms with Crippen LogP contribution in [0.15, 0.2) is 29.3 Å². The molecule has 2 rings (SSSR count). The molecule has 0 unspecified atom stereocenters. The maximum atomic E-state index is 13.2. The number of rotatable bonds is 6. The predicted molar refractivity (Wildman–Crippen MR) is 94.1 cm³/mol. The summed E-state index contributed by atoms with van der Waals surface area (Å²) in [7, 11) is 0. The number of nitrogens with one attached hydrogen (secondary N) is 2. The van der Waals surface area contributed by atoms with Crippen LogP contribution >= 0.6 is 0 Å². The van der Waals surface area contributed by atoms with Crippen LogP contribution in [0, 0.1) is 5.82 Å². The second-order valence-corrected chi connectivity index (χ2v) is 6.01. The molecule has 1 fully saturated rings. The van der Waals surface area contributed by atoms with Crippen LogP contribution in [0.4, 0.5) is 4.39 Å². The van der Waals surface area contributed by atoms with Gasteiger partial charge in [0.25, 0.3) is 0 Å². The van der Waals surface area contributed by atoms with Crippen molar-refractivity contribution in [3.05, 3.63) is 35.6 Å². The standard InChI is InChI=1S/C18H29FN4/c1-2-20-18(22-15-16-8-7-9-17(19)14-16)21-10-13-23-11-5-3-4-6-12-23/h7-9,14H,2-6,10-13,15H2,1H3,(H2,20,21,22). The number of likely N-dealkylation sites (tertiary alicyclic amines) is 1. The first kappa shape index (κ1) is 17.7. The zero-order valence-electron chi connectivity index (χ0n) is 14.2. The fourth-order valence-corrected chi connectivity index (χ4v) is 2.84. The summed E-state index contributed by atoms with van der Waals surface area (Å²) in [5.74, 6) is 0.586. The van der Waals surface area contributed by atoms with E-state index >= 15 is 0 Å². The molecule has 1 saturated heterocycles. The summed E-state index contributed by atoms with van der Waals surface area (Å²) in [4.78, 5) is 7.06. The average molecular weight is 320 g/mol. The van der Waals surface area contributed by atoms with Crippen LogP contribution in [-0.4, -0.2) is 43.6 Å². The Bertz CT molecular complexity index is 482. The largest absolute Gasteiger partial charge is 0.357 e. The Morgan fingerprint density at radius 1 is 1.17 bits per heavy atom. The summed E-state index contributed by atoms with van der Waals surface area (Å²) >= 11 is 0. The van der Waals surface area contributed by atoms with E-state index in [4.69, 9.17) is 0 Å². The summed E-state index contributed by atoms with van der Waals surface area (Å²) in [5, 5.41) is 6.62. The molecule has 0 radical (unpaired) electrons. The molecule has 1 aliphatic rings. The smallest absolute Gasteiger partial charge is 0.191 e. The summed E-state index contributed by atoms with van der Waals surface area (Å²) in [6, 6.07) is 6.61. The summed E-state index contributed by atoms with van der Waals surface area (Å²) in [6.45, 7) is 7.69. The summed E-state index contributed by atoms with van der Waals surface area (Å²) < 4.78 is 13.2. The molecule has 1 heterocycles. The van der Waals surface area contributed by atoms with Crippen molar-refractivity contribution in [2.75, 3.05) is 32.7 Å². The number of hydrogen-bond donors (Lipinski definition) is 2. The first-order valence-corrected chi connectivity index (χ1v) is 8.77. The lowest BCUT2D eigenvalue weighted by molar-refractivity contribution is 0.289. The number of hydrogen-bond acceptors (Lipinski definition) is 2. The number of benzene rings is 1. The van der Waals surface area contributed by atoms with Gasteiger partial charge in [-0.2, -0.15) is 0 Å². The molecule has 128 valence electrons. The molecule has 0 amide bonds. The topological polar surface area (TPSA) is 39.7 Å². The van der Waals surface area contributed by atoms with E-state index in [-0.39, 0.29) is 5.82 Å². The molecule has 4 nitrogen and oxygen atoms in total. The highest BCUT2D eigenvalue weighted by Crippen LogP contribution is 2.08. The van der Waals surface area contributed by atoms with Crippen molar-refractivity contribution < 1.29 is 4.39 Å². The van der Waals surface area contributed by atoms with E-state index in [1.165, 1.54) is 50.9 Å². The zero-order chi connectivity index (χ0) is 16.3. The normalized spacial score (nSPS) is 16.9. The zero-order valence-corrected chi connectivity index (χ0v) is 14.2. The van der Waals surface area contributed by atoms with Crippen LogP contribution in [-0.2, 0) is 6.54 Å². The SMILES string of the molecule is CCNC(=NCc1cccc(F)c1)NCCN1CCCCCC1. The molecule has 0 bridgehead atoms. The van der Waals surface area contributed by atoms with Gasteiger partial charge >= 0.3 is 0 Å². The minimum absolute atomic E-state index is 0.211. The van der Waals surface area contributed by atoms with Crippen LogP contribution in [0.5, 0.6) is 0 Å². The Balaban J connectivity index is 1.79. The van der Waals surface area contributed by atoms with Crippen LogP contribution in [0.2, 0.25) is 0 Å². The molecule has 1 aromatic rings. The first-order valence-electron chi connectivity index (χ1n) is 8.77. The summed E-state index contributed by atoms with van der Waals surface area (Å²) in [5.41, 5.74) is 0.884. The molecular formula is C18H29FN4. The highest BCUT2D eigenvalue weighted by Gasteiger charge is 2.08. The molecule has 0 atom stereocenters. The van der Waals surface area contributed by atoms with Gasteiger partial charge < -0.3 is 15.5 Å². The van der Waals surface area contributed by atoms with Crippen molar-refractivity contribution in [2.24, 2.45) is 4.99 Å². The van der Waals surface area contributed by atoms with Gasteiger partial charge in [0.05, 0.1) is 6.54 Å². The van der Waals surface area contributed by atoms with Gasteiger partial charge in [0.1, 0.15) is 5.82 Å². The third-order valence-corrected chi connectivity index (χ3v) is 4.07. The Kier molecular flexibility index (Phi) is 7.87. The van der Waals surface area contributed by atoms with Crippen molar-refractivity contribution >= 4 is 5.96 Å². The van der Waals surface area contributed by atoms with Crippen LogP contribution < -0.4 is 10.6 Å². The molecule has 0 aromatic heterocycles. The minimum atomic E-state index is -0.211. The van der Waals surface area contributed by atoms with Crippen molar-refractivity contribution in [3.8, 4) is 0 Å². The van der Waals surface area contributed by atoms with Gasteiger partial charge in [0.15, 0.2) is 5.96 Å². The number of nitrogens with zero attached hydrogens (tertiary/aromatic N) is 2. The highest BCUT2D eigenvalue weighted by molar-refractivity contribution is 5.79. The van der Waals surface area contributed by atoms with E-state index < -0.39 is 0 Å². The maximum Gasteiger partial charge on any atom is 0.191 e. The Morgan fingerprint density at radius 3 is 2.65 bits per heavy atom. The van der Waals surface area contributed by atoms with E-state index in [2.05, 4.69) is 20.5 Å². The van der Waals surface area contributed by atoms with Gasteiger partial charge in [0, 0.05) is 19.6 Å². The van der Waals surface area contributed by atoms with Crippen LogP contribution in [0.3, 0.4) is 0 Å². The van der Waals surface area contributed by atoms with Crippen molar-refractivity contribution in [3.63, 3.8) is 0 Å². The fraction of sp³-hybridized carbons (Fsp3) is 0.611. The Morgan fingerprint density at radius 2 is 1.96 bits per heavy atom. The number of guanidine groups is 1. The lowest BCUT2D eigenvalue weighted by atomic mass is 10.2. The molecule has 1 aromatic carbocycles. The quantitative estimate of drug-likeness (QED) is 0.625. The molecule has 0 saturated carbocycles. The van der Waals surface area contributed by atoms with E-state index in [0.717, 1.165) is 31.2 Å². The third-order valence-electron chi connectivity index (χ3n) is 4.07.